The average Bonchev–Trinajstić information content (AvgIpc) is 3.72. The molecule has 2 aromatic carbocycles. The SMILES string of the molecule is COC(=O)Nc1ccc(-c2nc([C@@H]3CC(C4CCN(S(C)(=O)=O)CC4)CN3C(=O)c3ccc4c(c(Cl)cn4C)c3F)[nH]c2Cl)cc1. The molecular formula is C31H33Cl2FN6O5S. The number of nitrogens with one attached hydrogen (secondary N) is 2. The molecule has 1 unspecified atom stereocenters. The number of ether oxygens (including phenoxy) is 1. The van der Waals surface area contributed by atoms with Crippen LogP contribution >= 0.6 is 23.2 Å². The predicted molar refractivity (Wildman–Crippen MR) is 174 cm³/mol. The average molecular weight is 692 g/mol. The minimum absolute atomic E-state index is 0.0266. The van der Waals surface area contributed by atoms with Crippen molar-refractivity contribution in [2.24, 2.45) is 18.9 Å². The van der Waals surface area contributed by atoms with Gasteiger partial charge in [-0.2, -0.15) is 0 Å². The molecule has 2 atom stereocenters. The highest BCUT2D eigenvalue weighted by atomic mass is 35.5. The second-order valence-electron chi connectivity index (χ2n) is 11.9. The molecule has 0 saturated carbocycles. The van der Waals surface area contributed by atoms with Crippen LogP contribution in [-0.4, -0.2) is 77.2 Å². The Kier molecular flexibility index (Phi) is 8.79. The zero-order valence-electron chi connectivity index (χ0n) is 25.4. The van der Waals surface area contributed by atoms with Gasteiger partial charge in [0.1, 0.15) is 22.5 Å². The molecule has 2 aromatic heterocycles. The minimum atomic E-state index is -3.29. The third-order valence-corrected chi connectivity index (χ3v) is 11.0. The molecule has 2 N–H and O–H groups in total. The second kappa shape index (κ2) is 12.5. The number of benzene rings is 2. The summed E-state index contributed by atoms with van der Waals surface area (Å²) in [5.41, 5.74) is 2.14. The Balaban J connectivity index is 1.32. The first-order valence-electron chi connectivity index (χ1n) is 14.8. The molecule has 46 heavy (non-hydrogen) atoms. The smallest absolute Gasteiger partial charge is 0.411 e. The number of carbonyl (C=O) groups is 2. The fourth-order valence-corrected chi connectivity index (χ4v) is 8.13. The van der Waals surface area contributed by atoms with E-state index in [0.717, 1.165) is 0 Å². The number of halogens is 3. The van der Waals surface area contributed by atoms with Gasteiger partial charge >= 0.3 is 6.09 Å². The summed E-state index contributed by atoms with van der Waals surface area (Å²) in [6.07, 6.45) is 4.07. The zero-order valence-corrected chi connectivity index (χ0v) is 27.7. The first-order chi connectivity index (χ1) is 21.8. The van der Waals surface area contributed by atoms with Gasteiger partial charge in [-0.15, -0.1) is 0 Å². The third kappa shape index (κ3) is 6.08. The van der Waals surface area contributed by atoms with Crippen molar-refractivity contribution >= 4 is 61.8 Å². The highest BCUT2D eigenvalue weighted by Crippen LogP contribution is 2.43. The number of piperidine rings is 1. The number of aromatic nitrogens is 3. The van der Waals surface area contributed by atoms with E-state index in [-0.39, 0.29) is 33.0 Å². The van der Waals surface area contributed by atoms with Crippen LogP contribution < -0.4 is 5.32 Å². The summed E-state index contributed by atoms with van der Waals surface area (Å²) in [7, 11) is -0.259. The number of hydrogen-bond acceptors (Lipinski definition) is 6. The molecule has 2 aliphatic heterocycles. The van der Waals surface area contributed by atoms with Crippen LogP contribution in [0, 0.1) is 17.7 Å². The number of anilines is 1. The van der Waals surface area contributed by atoms with E-state index in [1.807, 2.05) is 0 Å². The molecule has 0 aliphatic carbocycles. The van der Waals surface area contributed by atoms with Crippen molar-refractivity contribution in [3.63, 3.8) is 0 Å². The number of methoxy groups -OCH3 is 1. The number of H-pyrrole nitrogens is 1. The number of hydrogen-bond donors (Lipinski definition) is 2. The van der Waals surface area contributed by atoms with Crippen molar-refractivity contribution in [1.29, 1.82) is 0 Å². The Labute approximate surface area is 275 Å². The van der Waals surface area contributed by atoms with Gasteiger partial charge in [0.15, 0.2) is 0 Å². The highest BCUT2D eigenvalue weighted by molar-refractivity contribution is 7.88. The van der Waals surface area contributed by atoms with E-state index < -0.39 is 33.9 Å². The number of aryl methyl sites for hydroxylation is 1. The van der Waals surface area contributed by atoms with Crippen molar-refractivity contribution < 1.29 is 27.1 Å². The van der Waals surface area contributed by atoms with E-state index >= 15 is 4.39 Å². The molecule has 2 amide bonds. The van der Waals surface area contributed by atoms with Crippen LogP contribution in [0.4, 0.5) is 14.9 Å². The van der Waals surface area contributed by atoms with Crippen LogP contribution in [0.2, 0.25) is 10.2 Å². The number of likely N-dealkylation sites (tertiary alicyclic amines) is 1. The van der Waals surface area contributed by atoms with E-state index in [1.54, 1.807) is 53.0 Å². The molecule has 4 aromatic rings. The van der Waals surface area contributed by atoms with Gasteiger partial charge in [-0.25, -0.2) is 26.9 Å². The number of nitrogens with zero attached hydrogens (tertiary/aromatic N) is 4. The molecule has 244 valence electrons. The topological polar surface area (TPSA) is 130 Å². The van der Waals surface area contributed by atoms with Crippen molar-refractivity contribution in [3.05, 3.63) is 70.0 Å². The summed E-state index contributed by atoms with van der Waals surface area (Å²) < 4.78 is 48.0. The lowest BCUT2D eigenvalue weighted by Gasteiger charge is -2.33. The fraction of sp³-hybridized carbons (Fsp3) is 0.387. The molecule has 0 spiro atoms. The third-order valence-electron chi connectivity index (χ3n) is 9.09. The summed E-state index contributed by atoms with van der Waals surface area (Å²) in [6.45, 7) is 1.16. The zero-order chi connectivity index (χ0) is 32.9. The molecule has 0 radical (unpaired) electrons. The summed E-state index contributed by atoms with van der Waals surface area (Å²) in [5, 5.41) is 3.26. The van der Waals surface area contributed by atoms with Crippen LogP contribution in [-0.2, 0) is 21.8 Å². The Morgan fingerprint density at radius 2 is 1.78 bits per heavy atom. The summed E-state index contributed by atoms with van der Waals surface area (Å²) in [4.78, 5) is 35.3. The van der Waals surface area contributed by atoms with Crippen molar-refractivity contribution in [2.45, 2.75) is 25.3 Å². The molecule has 0 bridgehead atoms. The van der Waals surface area contributed by atoms with E-state index in [0.29, 0.717) is 67.2 Å². The lowest BCUT2D eigenvalue weighted by molar-refractivity contribution is 0.0716. The fourth-order valence-electron chi connectivity index (χ4n) is 6.68. The van der Waals surface area contributed by atoms with Crippen LogP contribution in [0.15, 0.2) is 42.6 Å². The minimum Gasteiger partial charge on any atom is -0.453 e. The number of rotatable bonds is 6. The maximum absolute atomic E-state index is 15.9. The molecule has 15 heteroatoms. The van der Waals surface area contributed by atoms with Crippen LogP contribution in [0.3, 0.4) is 0 Å². The van der Waals surface area contributed by atoms with Gasteiger partial charge in [-0.05, 0) is 55.4 Å². The number of imidazole rings is 1. The first kappa shape index (κ1) is 32.3. The summed E-state index contributed by atoms with van der Waals surface area (Å²) in [5.74, 6) is -0.531. The van der Waals surface area contributed by atoms with Crippen molar-refractivity contribution in [3.8, 4) is 11.3 Å². The number of fused-ring (bicyclic) bond motifs is 1. The monoisotopic (exact) mass is 690 g/mol. The largest absolute Gasteiger partial charge is 0.453 e. The Bertz CT molecular complexity index is 1920. The molecule has 4 heterocycles. The normalized spacial score (nSPS) is 19.6. The number of carbonyl (C=O) groups excluding carboxylic acids is 2. The number of sulfonamides is 1. The molecule has 2 saturated heterocycles. The predicted octanol–water partition coefficient (Wildman–Crippen LogP) is 6.07. The standard InChI is InChI=1S/C31H33Cl2FN6O5S/c1-38-16-22(32)25-23(38)9-8-21(26(25)34)30(41)40-15-19(17-10-12-39(13-11-17)46(3,43)44)14-24(40)29-36-27(28(33)37-29)18-4-6-20(7-5-18)35-31(42)45-2/h4-9,16-17,19,24H,10-15H2,1-3H3,(H,35,42)(H,36,37)/t19?,24-/m0/s1. The molecule has 2 aliphatic rings. The number of amides is 2. The lowest BCUT2D eigenvalue weighted by atomic mass is 9.83. The highest BCUT2D eigenvalue weighted by Gasteiger charge is 2.43. The van der Waals surface area contributed by atoms with E-state index in [9.17, 15) is 18.0 Å². The van der Waals surface area contributed by atoms with E-state index in [4.69, 9.17) is 28.2 Å². The summed E-state index contributed by atoms with van der Waals surface area (Å²) in [6, 6.07) is 9.50. The molecule has 11 nitrogen and oxygen atoms in total. The maximum Gasteiger partial charge on any atom is 0.411 e. The Morgan fingerprint density at radius 1 is 1.09 bits per heavy atom. The lowest BCUT2D eigenvalue weighted by Crippen LogP contribution is -2.40. The van der Waals surface area contributed by atoms with Crippen LogP contribution in [0.25, 0.3) is 22.2 Å². The maximum atomic E-state index is 15.9. The van der Waals surface area contributed by atoms with Gasteiger partial charge in [0.2, 0.25) is 10.0 Å². The van der Waals surface area contributed by atoms with Crippen LogP contribution in [0.5, 0.6) is 0 Å². The Hall–Kier alpha value is -3.65. The number of aromatic amines is 1. The van der Waals surface area contributed by atoms with Gasteiger partial charge < -0.3 is 19.2 Å². The molecule has 6 rings (SSSR count). The molecule has 2 fully saturated rings. The Morgan fingerprint density at radius 3 is 2.43 bits per heavy atom. The van der Waals surface area contributed by atoms with Gasteiger partial charge in [-0.3, -0.25) is 10.1 Å². The first-order valence-corrected chi connectivity index (χ1v) is 17.4. The van der Waals surface area contributed by atoms with E-state index in [1.165, 1.54) is 23.7 Å². The van der Waals surface area contributed by atoms with Gasteiger partial charge in [0.05, 0.1) is 40.9 Å². The van der Waals surface area contributed by atoms with Gasteiger partial charge in [0, 0.05) is 44.1 Å². The van der Waals surface area contributed by atoms with Crippen molar-refractivity contribution in [1.82, 2.24) is 23.7 Å². The second-order valence-corrected chi connectivity index (χ2v) is 14.6. The van der Waals surface area contributed by atoms with Crippen molar-refractivity contribution in [2.75, 3.05) is 38.3 Å². The van der Waals surface area contributed by atoms with Gasteiger partial charge in [-0.1, -0.05) is 35.3 Å². The summed E-state index contributed by atoms with van der Waals surface area (Å²) >= 11 is 13.0. The molecular weight excluding hydrogens is 658 g/mol. The van der Waals surface area contributed by atoms with Gasteiger partial charge in [0.25, 0.3) is 5.91 Å². The quantitative estimate of drug-likeness (QED) is 0.253. The van der Waals surface area contributed by atoms with Crippen LogP contribution in [0.1, 0.15) is 41.5 Å². The van der Waals surface area contributed by atoms with E-state index in [2.05, 4.69) is 15.0 Å².